The lowest BCUT2D eigenvalue weighted by atomic mass is 9.62. The van der Waals surface area contributed by atoms with E-state index in [9.17, 15) is 4.79 Å². The quantitative estimate of drug-likeness (QED) is 0.765. The van der Waals surface area contributed by atoms with Crippen LogP contribution < -0.4 is 0 Å². The van der Waals surface area contributed by atoms with E-state index in [0.29, 0.717) is 6.42 Å². The average Bonchev–Trinajstić information content (AvgIpc) is 2.63. The third-order valence-corrected chi connectivity index (χ3v) is 4.73. The Balaban J connectivity index is 1.66. The number of ether oxygens (including phenoxy) is 1. The van der Waals surface area contributed by atoms with Crippen LogP contribution in [0, 0.1) is 5.41 Å². The monoisotopic (exact) mass is 252 g/mol. The average molecular weight is 252 g/mol. The van der Waals surface area contributed by atoms with E-state index in [0.717, 1.165) is 19.3 Å². The Labute approximate surface area is 112 Å². The molecular weight excluding hydrogens is 236 g/mol. The van der Waals surface area contributed by atoms with Gasteiger partial charge in [0.15, 0.2) is 0 Å². The van der Waals surface area contributed by atoms with Crippen molar-refractivity contribution in [3.63, 3.8) is 0 Å². The molecule has 2 aliphatic rings. The molecule has 0 spiro atoms. The maximum absolute atomic E-state index is 11.5. The maximum Gasteiger partial charge on any atom is 0.306 e. The van der Waals surface area contributed by atoms with E-state index in [1.807, 2.05) is 0 Å². The maximum atomic E-state index is 11.5. The fraction of sp³-hybridized carbons (Fsp3) is 0.353. The molecule has 19 heavy (non-hydrogen) atoms. The molecule has 0 bridgehead atoms. The minimum atomic E-state index is -0.0108. The van der Waals surface area contributed by atoms with Gasteiger partial charge in [-0.05, 0) is 35.6 Å². The van der Waals surface area contributed by atoms with Crippen molar-refractivity contribution in [1.82, 2.24) is 0 Å². The Morgan fingerprint density at radius 1 is 1.16 bits per heavy atom. The van der Waals surface area contributed by atoms with Crippen LogP contribution in [0.2, 0.25) is 0 Å². The van der Waals surface area contributed by atoms with Gasteiger partial charge in [0.1, 0.15) is 6.10 Å². The Morgan fingerprint density at radius 2 is 2.00 bits per heavy atom. The molecule has 0 radical (unpaired) electrons. The van der Waals surface area contributed by atoms with Crippen molar-refractivity contribution in [1.29, 1.82) is 0 Å². The van der Waals surface area contributed by atoms with Gasteiger partial charge in [-0.3, -0.25) is 4.79 Å². The first kappa shape index (κ1) is 11.0. The number of hydrogen-bond acceptors (Lipinski definition) is 2. The number of hydrogen-bond donors (Lipinski definition) is 0. The van der Waals surface area contributed by atoms with Crippen molar-refractivity contribution < 1.29 is 9.53 Å². The predicted molar refractivity (Wildman–Crippen MR) is 73.8 cm³/mol. The van der Waals surface area contributed by atoms with Gasteiger partial charge < -0.3 is 4.74 Å². The Bertz CT molecular complexity index is 661. The zero-order valence-electron chi connectivity index (χ0n) is 10.8. The van der Waals surface area contributed by atoms with E-state index in [1.165, 1.54) is 16.3 Å². The molecule has 0 amide bonds. The molecule has 2 aromatic carbocycles. The molecule has 1 saturated heterocycles. The first-order valence-corrected chi connectivity index (χ1v) is 6.92. The van der Waals surface area contributed by atoms with E-state index in [1.54, 1.807) is 0 Å². The molecule has 1 aliphatic carbocycles. The van der Waals surface area contributed by atoms with Gasteiger partial charge in [0.25, 0.3) is 0 Å². The fourth-order valence-electron chi connectivity index (χ4n) is 3.56. The molecule has 2 nitrogen and oxygen atoms in total. The highest BCUT2D eigenvalue weighted by Crippen LogP contribution is 2.53. The molecule has 2 heteroatoms. The summed E-state index contributed by atoms with van der Waals surface area (Å²) >= 11 is 0. The highest BCUT2D eigenvalue weighted by atomic mass is 16.6. The highest BCUT2D eigenvalue weighted by Gasteiger charge is 2.55. The first-order valence-electron chi connectivity index (χ1n) is 6.92. The summed E-state index contributed by atoms with van der Waals surface area (Å²) in [4.78, 5) is 11.5. The van der Waals surface area contributed by atoms with Crippen molar-refractivity contribution in [2.75, 3.05) is 0 Å². The molecular formula is C17H16O2. The molecule has 1 aliphatic heterocycles. The van der Waals surface area contributed by atoms with Crippen molar-refractivity contribution in [3.8, 4) is 0 Å². The van der Waals surface area contributed by atoms with E-state index >= 15 is 0 Å². The van der Waals surface area contributed by atoms with Gasteiger partial charge in [-0.2, -0.15) is 0 Å². The van der Waals surface area contributed by atoms with Crippen LogP contribution >= 0.6 is 0 Å². The summed E-state index contributed by atoms with van der Waals surface area (Å²) in [5.74, 6) is -0.0108. The lowest BCUT2D eigenvalue weighted by Gasteiger charge is -2.42. The van der Waals surface area contributed by atoms with Gasteiger partial charge in [0.05, 0.1) is 6.42 Å². The largest absolute Gasteiger partial charge is 0.462 e. The number of carbonyl (C=O) groups excluding carboxylic acids is 1. The second kappa shape index (κ2) is 3.83. The van der Waals surface area contributed by atoms with Crippen LogP contribution in [0.1, 0.15) is 24.8 Å². The topological polar surface area (TPSA) is 26.3 Å². The SMILES string of the molecule is O=C1C[C@]2(Cc3ccc4ccccc4c3)CC[C@@H]2O1. The third-order valence-electron chi connectivity index (χ3n) is 4.73. The van der Waals surface area contributed by atoms with Crippen LogP contribution in [0.5, 0.6) is 0 Å². The molecule has 1 heterocycles. The van der Waals surface area contributed by atoms with Crippen LogP contribution in [0.25, 0.3) is 10.8 Å². The number of rotatable bonds is 2. The summed E-state index contributed by atoms with van der Waals surface area (Å²) in [7, 11) is 0. The zero-order valence-corrected chi connectivity index (χ0v) is 10.8. The summed E-state index contributed by atoms with van der Waals surface area (Å²) < 4.78 is 5.38. The van der Waals surface area contributed by atoms with Crippen LogP contribution in [0.3, 0.4) is 0 Å². The smallest absolute Gasteiger partial charge is 0.306 e. The molecule has 96 valence electrons. The van der Waals surface area contributed by atoms with Crippen LogP contribution in [0.15, 0.2) is 42.5 Å². The van der Waals surface area contributed by atoms with E-state index in [4.69, 9.17) is 4.74 Å². The standard InChI is InChI=1S/C17H16O2/c18-16-11-17(8-7-15(17)19-16)10-12-5-6-13-3-1-2-4-14(13)9-12/h1-6,9,15H,7-8,10-11H2/t15-,17+/m0/s1. The number of carbonyl (C=O) groups is 1. The lowest BCUT2D eigenvalue weighted by molar-refractivity contribution is -0.144. The van der Waals surface area contributed by atoms with Crippen molar-refractivity contribution in [2.24, 2.45) is 5.41 Å². The minimum absolute atomic E-state index is 0.0108. The molecule has 0 N–H and O–H groups in total. The van der Waals surface area contributed by atoms with E-state index in [-0.39, 0.29) is 17.5 Å². The van der Waals surface area contributed by atoms with Crippen LogP contribution in [0.4, 0.5) is 0 Å². The third kappa shape index (κ3) is 1.66. The molecule has 1 saturated carbocycles. The normalized spacial score (nSPS) is 28.8. The fourth-order valence-corrected chi connectivity index (χ4v) is 3.56. The predicted octanol–water partition coefficient (Wildman–Crippen LogP) is 3.48. The first-order chi connectivity index (χ1) is 9.25. The van der Waals surface area contributed by atoms with Gasteiger partial charge in [-0.1, -0.05) is 42.5 Å². The summed E-state index contributed by atoms with van der Waals surface area (Å²) in [6.45, 7) is 0. The van der Waals surface area contributed by atoms with Gasteiger partial charge in [-0.25, -0.2) is 0 Å². The number of esters is 1. The summed E-state index contributed by atoms with van der Waals surface area (Å²) in [6, 6.07) is 15.0. The molecule has 0 unspecified atom stereocenters. The Hall–Kier alpha value is -1.83. The molecule has 4 rings (SSSR count). The number of benzene rings is 2. The minimum Gasteiger partial charge on any atom is -0.462 e. The summed E-state index contributed by atoms with van der Waals surface area (Å²) in [5.41, 5.74) is 1.42. The van der Waals surface area contributed by atoms with Gasteiger partial charge in [0, 0.05) is 5.41 Å². The second-order valence-electron chi connectivity index (χ2n) is 5.91. The number of fused-ring (bicyclic) bond motifs is 2. The Morgan fingerprint density at radius 3 is 2.74 bits per heavy atom. The van der Waals surface area contributed by atoms with Gasteiger partial charge >= 0.3 is 5.97 Å². The second-order valence-corrected chi connectivity index (χ2v) is 5.91. The van der Waals surface area contributed by atoms with Gasteiger partial charge in [0.2, 0.25) is 0 Å². The molecule has 0 aromatic heterocycles. The van der Waals surface area contributed by atoms with Crippen LogP contribution in [-0.2, 0) is 16.0 Å². The summed E-state index contributed by atoms with van der Waals surface area (Å²) in [5, 5.41) is 2.55. The molecule has 2 atom stereocenters. The van der Waals surface area contributed by atoms with Crippen molar-refractivity contribution >= 4 is 16.7 Å². The Kier molecular flexibility index (Phi) is 2.22. The lowest BCUT2D eigenvalue weighted by Crippen LogP contribution is -2.42. The van der Waals surface area contributed by atoms with Crippen molar-refractivity contribution in [3.05, 3.63) is 48.0 Å². The van der Waals surface area contributed by atoms with E-state index in [2.05, 4.69) is 42.5 Å². The van der Waals surface area contributed by atoms with Gasteiger partial charge in [-0.15, -0.1) is 0 Å². The highest BCUT2D eigenvalue weighted by molar-refractivity contribution is 5.83. The summed E-state index contributed by atoms with van der Waals surface area (Å²) in [6.07, 6.45) is 3.90. The zero-order chi connectivity index (χ0) is 12.9. The van der Waals surface area contributed by atoms with Crippen LogP contribution in [-0.4, -0.2) is 12.1 Å². The van der Waals surface area contributed by atoms with Crippen molar-refractivity contribution in [2.45, 2.75) is 31.8 Å². The molecule has 2 aromatic rings. The molecule has 2 fully saturated rings. The van der Waals surface area contributed by atoms with E-state index < -0.39 is 0 Å².